The molecule has 0 saturated carbocycles. The van der Waals surface area contributed by atoms with Crippen molar-refractivity contribution in [2.45, 2.75) is 32.9 Å². The molecule has 0 aliphatic carbocycles. The van der Waals surface area contributed by atoms with Gasteiger partial charge in [-0.05, 0) is 38.5 Å². The van der Waals surface area contributed by atoms with Crippen molar-refractivity contribution in [2.75, 3.05) is 38.1 Å². The Kier molecular flexibility index (Phi) is 9.50. The van der Waals surface area contributed by atoms with Gasteiger partial charge in [-0.2, -0.15) is 0 Å². The number of nitrogens with zero attached hydrogens (tertiary/aromatic N) is 2. The average molecular weight is 502 g/mol. The minimum Gasteiger partial charge on any atom is -0.360 e. The van der Waals surface area contributed by atoms with E-state index in [1.807, 2.05) is 45.0 Å². The molecule has 9 heteroatoms. The predicted octanol–water partition coefficient (Wildman–Crippen LogP) is 0.821. The van der Waals surface area contributed by atoms with Gasteiger partial charge in [-0.25, -0.2) is 0 Å². The average Bonchev–Trinajstić information content (AvgIpc) is 2.61. The first-order chi connectivity index (χ1) is 12.8. The van der Waals surface area contributed by atoms with Gasteiger partial charge in [0.05, 0.1) is 13.1 Å². The van der Waals surface area contributed by atoms with Crippen LogP contribution in [0.5, 0.6) is 0 Å². The van der Waals surface area contributed by atoms with Crippen molar-refractivity contribution in [3.8, 4) is 0 Å². The topological polar surface area (TPSA) is 97.9 Å². The van der Waals surface area contributed by atoms with E-state index in [-0.39, 0.29) is 47.9 Å². The smallest absolute Gasteiger partial charge is 0.239 e. The quantitative estimate of drug-likeness (QED) is 0.272. The molecule has 2 amide bonds. The summed E-state index contributed by atoms with van der Waals surface area (Å²) in [5.74, 6) is 0.536. The van der Waals surface area contributed by atoms with Gasteiger partial charge in [0.25, 0.3) is 0 Å². The summed E-state index contributed by atoms with van der Waals surface area (Å²) in [6, 6.07) is 8.08. The highest BCUT2D eigenvalue weighted by Crippen LogP contribution is 2.16. The van der Waals surface area contributed by atoms with E-state index in [0.717, 1.165) is 17.8 Å². The molecule has 156 valence electrons. The maximum absolute atomic E-state index is 11.9. The number of hydrogen-bond donors (Lipinski definition) is 4. The third-order valence-electron chi connectivity index (χ3n) is 3.95. The minimum absolute atomic E-state index is 0. The lowest BCUT2D eigenvalue weighted by Crippen LogP contribution is -2.48. The Hall–Kier alpha value is -2.04. The van der Waals surface area contributed by atoms with E-state index in [9.17, 15) is 9.59 Å². The number of carbonyl (C=O) groups is 2. The summed E-state index contributed by atoms with van der Waals surface area (Å²) < 4.78 is 0. The fourth-order valence-corrected chi connectivity index (χ4v) is 2.72. The summed E-state index contributed by atoms with van der Waals surface area (Å²) >= 11 is 0. The van der Waals surface area contributed by atoms with Crippen molar-refractivity contribution in [3.05, 3.63) is 29.8 Å². The predicted molar refractivity (Wildman–Crippen MR) is 123 cm³/mol. The van der Waals surface area contributed by atoms with Crippen LogP contribution in [-0.4, -0.2) is 56.5 Å². The molecule has 1 saturated heterocycles. The zero-order chi connectivity index (χ0) is 19.9. The van der Waals surface area contributed by atoms with Gasteiger partial charge in [0.15, 0.2) is 5.96 Å². The normalized spacial score (nSPS) is 14.6. The molecule has 8 nitrogen and oxygen atoms in total. The first-order valence-corrected chi connectivity index (χ1v) is 9.13. The number of benzene rings is 1. The van der Waals surface area contributed by atoms with Crippen LogP contribution in [0.25, 0.3) is 0 Å². The lowest BCUT2D eigenvalue weighted by atomic mass is 10.1. The highest BCUT2D eigenvalue weighted by molar-refractivity contribution is 14.0. The van der Waals surface area contributed by atoms with Gasteiger partial charge in [0.2, 0.25) is 11.8 Å². The monoisotopic (exact) mass is 502 g/mol. The molecule has 0 spiro atoms. The number of halogens is 1. The molecule has 1 aliphatic heterocycles. The molecule has 0 aromatic heterocycles. The van der Waals surface area contributed by atoms with Crippen LogP contribution in [0.15, 0.2) is 29.3 Å². The molecule has 0 unspecified atom stereocenters. The summed E-state index contributed by atoms with van der Waals surface area (Å²) in [6.07, 6.45) is 0. The molecular formula is C19H31IN6O2. The molecule has 0 radical (unpaired) electrons. The van der Waals surface area contributed by atoms with E-state index in [2.05, 4.69) is 31.2 Å². The van der Waals surface area contributed by atoms with Gasteiger partial charge in [0.1, 0.15) is 0 Å². The number of hydrogen-bond acceptors (Lipinski definition) is 4. The lowest BCUT2D eigenvalue weighted by Gasteiger charge is -2.28. The van der Waals surface area contributed by atoms with E-state index in [1.165, 1.54) is 0 Å². The minimum atomic E-state index is -0.257. The molecule has 4 N–H and O–H groups in total. The molecule has 1 aromatic rings. The largest absolute Gasteiger partial charge is 0.360 e. The number of piperazine rings is 1. The van der Waals surface area contributed by atoms with Crippen molar-refractivity contribution in [3.63, 3.8) is 0 Å². The Balaban J connectivity index is 0.00000392. The second-order valence-electron chi connectivity index (χ2n) is 7.52. The number of nitrogens with one attached hydrogen (secondary N) is 4. The molecule has 0 bridgehead atoms. The number of anilines is 1. The van der Waals surface area contributed by atoms with Crippen molar-refractivity contribution in [2.24, 2.45) is 4.99 Å². The summed E-state index contributed by atoms with van der Waals surface area (Å²) in [5, 5.41) is 11.9. The van der Waals surface area contributed by atoms with Crippen LogP contribution in [-0.2, 0) is 16.1 Å². The van der Waals surface area contributed by atoms with Gasteiger partial charge in [-0.15, -0.1) is 24.0 Å². The van der Waals surface area contributed by atoms with Crippen molar-refractivity contribution in [1.29, 1.82) is 0 Å². The number of aliphatic imine (C=N–C) groups is 1. The summed E-state index contributed by atoms with van der Waals surface area (Å²) in [4.78, 5) is 29.6. The molecule has 0 atom stereocenters. The standard InChI is InChI=1S/C19H30N6O2.HI/c1-19(2,3)24-16(26)12-23-18(20-4)22-11-14-5-7-15(8-6-14)25-10-9-21-17(27)13-25;/h5-8H,9-13H2,1-4H3,(H,21,27)(H,24,26)(H2,20,22,23);1H. The Labute approximate surface area is 183 Å². The molecule has 1 fully saturated rings. The molecule has 1 aliphatic rings. The fraction of sp³-hybridized carbons (Fsp3) is 0.526. The maximum Gasteiger partial charge on any atom is 0.239 e. The molecule has 1 aromatic carbocycles. The Bertz CT molecular complexity index is 685. The molecule has 2 rings (SSSR count). The highest BCUT2D eigenvalue weighted by Gasteiger charge is 2.16. The van der Waals surface area contributed by atoms with Crippen LogP contribution in [0, 0.1) is 0 Å². The third kappa shape index (κ3) is 8.32. The van der Waals surface area contributed by atoms with Crippen LogP contribution >= 0.6 is 24.0 Å². The van der Waals surface area contributed by atoms with E-state index in [1.54, 1.807) is 7.05 Å². The van der Waals surface area contributed by atoms with Gasteiger partial charge >= 0.3 is 0 Å². The van der Waals surface area contributed by atoms with Crippen LogP contribution in [0.1, 0.15) is 26.3 Å². The number of guanidine groups is 1. The molecule has 28 heavy (non-hydrogen) atoms. The Morgan fingerprint density at radius 1 is 1.21 bits per heavy atom. The zero-order valence-corrected chi connectivity index (χ0v) is 19.3. The SMILES string of the molecule is CN=C(NCC(=O)NC(C)(C)C)NCc1ccc(N2CCNC(=O)C2)cc1.I. The highest BCUT2D eigenvalue weighted by atomic mass is 127. The van der Waals surface area contributed by atoms with Crippen molar-refractivity contribution >= 4 is 47.4 Å². The number of rotatable bonds is 5. The van der Waals surface area contributed by atoms with Crippen LogP contribution in [0.4, 0.5) is 5.69 Å². The Morgan fingerprint density at radius 2 is 1.89 bits per heavy atom. The zero-order valence-electron chi connectivity index (χ0n) is 17.0. The second kappa shape index (κ2) is 11.1. The fourth-order valence-electron chi connectivity index (χ4n) is 2.72. The lowest BCUT2D eigenvalue weighted by molar-refractivity contribution is -0.121. The second-order valence-corrected chi connectivity index (χ2v) is 7.52. The van der Waals surface area contributed by atoms with E-state index in [0.29, 0.717) is 25.6 Å². The van der Waals surface area contributed by atoms with Crippen molar-refractivity contribution in [1.82, 2.24) is 21.3 Å². The van der Waals surface area contributed by atoms with Crippen LogP contribution in [0.3, 0.4) is 0 Å². The first-order valence-electron chi connectivity index (χ1n) is 9.13. The van der Waals surface area contributed by atoms with Crippen LogP contribution in [0.2, 0.25) is 0 Å². The van der Waals surface area contributed by atoms with Gasteiger partial charge in [-0.3, -0.25) is 14.6 Å². The van der Waals surface area contributed by atoms with E-state index in [4.69, 9.17) is 0 Å². The third-order valence-corrected chi connectivity index (χ3v) is 3.95. The van der Waals surface area contributed by atoms with Gasteiger partial charge in [0, 0.05) is 37.9 Å². The first kappa shape index (κ1) is 24.0. The van der Waals surface area contributed by atoms with Crippen LogP contribution < -0.4 is 26.2 Å². The maximum atomic E-state index is 11.9. The summed E-state index contributed by atoms with van der Waals surface area (Å²) in [5.41, 5.74) is 1.87. The molecule has 1 heterocycles. The number of amides is 2. The summed E-state index contributed by atoms with van der Waals surface area (Å²) in [6.45, 7) is 8.45. The van der Waals surface area contributed by atoms with Crippen molar-refractivity contribution < 1.29 is 9.59 Å². The van der Waals surface area contributed by atoms with Gasteiger partial charge in [-0.1, -0.05) is 12.1 Å². The van der Waals surface area contributed by atoms with E-state index >= 15 is 0 Å². The number of carbonyl (C=O) groups excluding carboxylic acids is 2. The van der Waals surface area contributed by atoms with E-state index < -0.39 is 0 Å². The summed E-state index contributed by atoms with van der Waals surface area (Å²) in [7, 11) is 1.67. The van der Waals surface area contributed by atoms with Gasteiger partial charge < -0.3 is 26.2 Å². The Morgan fingerprint density at radius 3 is 2.46 bits per heavy atom. The molecular weight excluding hydrogens is 471 g/mol.